The van der Waals surface area contributed by atoms with Crippen molar-refractivity contribution in [1.29, 1.82) is 0 Å². The maximum atomic E-state index is 13.0. The molecule has 1 aliphatic rings. The van der Waals surface area contributed by atoms with Crippen LogP contribution in [0.4, 0.5) is 0 Å². The minimum atomic E-state index is -0.401. The fraction of sp³-hybridized carbons (Fsp3) is 0.353. The average Bonchev–Trinajstić information content (AvgIpc) is 2.74. The van der Waals surface area contributed by atoms with Gasteiger partial charge in [-0.1, -0.05) is 25.1 Å². The van der Waals surface area contributed by atoms with Crippen LogP contribution in [0.15, 0.2) is 36.5 Å². The van der Waals surface area contributed by atoms with E-state index in [9.17, 15) is 9.59 Å². The molecule has 1 aromatic carbocycles. The molecule has 22 heavy (non-hydrogen) atoms. The molecule has 2 aromatic rings. The number of nitrogens with zero attached hydrogens (tertiary/aromatic N) is 2. The van der Waals surface area contributed by atoms with Gasteiger partial charge in [0.15, 0.2) is 0 Å². The summed E-state index contributed by atoms with van der Waals surface area (Å²) in [4.78, 5) is 31.1. The second kappa shape index (κ2) is 6.13. The van der Waals surface area contributed by atoms with Crippen LogP contribution in [0.5, 0.6) is 0 Å². The molecule has 0 unspecified atom stereocenters. The molecule has 1 aliphatic heterocycles. The number of fused-ring (bicyclic) bond motifs is 1. The van der Waals surface area contributed by atoms with E-state index in [0.29, 0.717) is 25.1 Å². The quantitative estimate of drug-likeness (QED) is 0.922. The molecule has 3 rings (SSSR count). The van der Waals surface area contributed by atoms with Crippen molar-refractivity contribution in [2.75, 3.05) is 13.1 Å². The largest absolute Gasteiger partial charge is 0.354 e. The molecule has 5 nitrogen and oxygen atoms in total. The summed E-state index contributed by atoms with van der Waals surface area (Å²) in [5, 5.41) is 3.70. The summed E-state index contributed by atoms with van der Waals surface area (Å²) in [5.74, 6) is -0.158. The highest BCUT2D eigenvalue weighted by molar-refractivity contribution is 6.07. The molecule has 0 spiro atoms. The first-order chi connectivity index (χ1) is 10.7. The van der Waals surface area contributed by atoms with Crippen LogP contribution in [0.1, 0.15) is 30.1 Å². The molecule has 2 amide bonds. The number of hydrogen-bond donors (Lipinski definition) is 1. The molecule has 1 N–H and O–H groups in total. The van der Waals surface area contributed by atoms with E-state index in [1.165, 1.54) is 0 Å². The van der Waals surface area contributed by atoms with Crippen LogP contribution in [-0.2, 0) is 4.79 Å². The van der Waals surface area contributed by atoms with E-state index in [2.05, 4.69) is 10.3 Å². The first kappa shape index (κ1) is 14.5. The molecule has 1 fully saturated rings. The Labute approximate surface area is 129 Å². The van der Waals surface area contributed by atoms with Crippen LogP contribution in [0.3, 0.4) is 0 Å². The maximum Gasteiger partial charge on any atom is 0.255 e. The predicted molar refractivity (Wildman–Crippen MR) is 84.5 cm³/mol. The van der Waals surface area contributed by atoms with Gasteiger partial charge in [-0.2, -0.15) is 0 Å². The van der Waals surface area contributed by atoms with Gasteiger partial charge in [0.1, 0.15) is 6.04 Å². The minimum absolute atomic E-state index is 0.0632. The maximum absolute atomic E-state index is 13.0. The third-order valence-corrected chi connectivity index (χ3v) is 4.08. The van der Waals surface area contributed by atoms with Crippen molar-refractivity contribution < 1.29 is 9.59 Å². The molecular formula is C17H19N3O2. The fourth-order valence-electron chi connectivity index (χ4n) is 2.96. The van der Waals surface area contributed by atoms with Crippen LogP contribution in [0, 0.1) is 0 Å². The molecular weight excluding hydrogens is 278 g/mol. The van der Waals surface area contributed by atoms with Gasteiger partial charge in [0.25, 0.3) is 5.91 Å². The molecule has 0 saturated carbocycles. The minimum Gasteiger partial charge on any atom is -0.354 e. The lowest BCUT2D eigenvalue weighted by Gasteiger charge is -2.28. The Balaban J connectivity index is 2.02. The second-order valence-electron chi connectivity index (χ2n) is 5.44. The molecule has 5 heteroatoms. The Hall–Kier alpha value is -2.43. The molecule has 0 radical (unpaired) electrons. The van der Waals surface area contributed by atoms with Gasteiger partial charge in [-0.25, -0.2) is 0 Å². The number of aromatic nitrogens is 1. The van der Waals surface area contributed by atoms with E-state index in [1.54, 1.807) is 17.2 Å². The van der Waals surface area contributed by atoms with Gasteiger partial charge in [-0.3, -0.25) is 14.6 Å². The smallest absolute Gasteiger partial charge is 0.255 e. The van der Waals surface area contributed by atoms with E-state index < -0.39 is 6.04 Å². The highest BCUT2D eigenvalue weighted by Crippen LogP contribution is 2.20. The molecule has 1 saturated heterocycles. The van der Waals surface area contributed by atoms with Crippen molar-refractivity contribution in [2.24, 2.45) is 0 Å². The number of benzene rings is 1. The SMILES string of the molecule is CC[C@@H]1C(=O)NCCCN1C(=O)c1ccnc2ccccc12. The van der Waals surface area contributed by atoms with Crippen molar-refractivity contribution in [3.05, 3.63) is 42.1 Å². The number of pyridine rings is 1. The summed E-state index contributed by atoms with van der Waals surface area (Å²) in [6.45, 7) is 3.14. The summed E-state index contributed by atoms with van der Waals surface area (Å²) in [7, 11) is 0. The number of hydrogen-bond acceptors (Lipinski definition) is 3. The number of carbonyl (C=O) groups excluding carboxylic acids is 2. The summed E-state index contributed by atoms with van der Waals surface area (Å²) < 4.78 is 0. The van der Waals surface area contributed by atoms with Crippen LogP contribution < -0.4 is 5.32 Å². The normalized spacial score (nSPS) is 18.9. The zero-order valence-electron chi connectivity index (χ0n) is 12.6. The van der Waals surface area contributed by atoms with Crippen molar-refractivity contribution >= 4 is 22.7 Å². The monoisotopic (exact) mass is 297 g/mol. The Kier molecular flexibility index (Phi) is 4.04. The highest BCUT2D eigenvalue weighted by atomic mass is 16.2. The van der Waals surface area contributed by atoms with E-state index >= 15 is 0 Å². The molecule has 2 heterocycles. The molecule has 0 bridgehead atoms. The second-order valence-corrected chi connectivity index (χ2v) is 5.44. The summed E-state index contributed by atoms with van der Waals surface area (Å²) in [6, 6.07) is 8.92. The third-order valence-electron chi connectivity index (χ3n) is 4.08. The number of para-hydroxylation sites is 1. The molecule has 1 aromatic heterocycles. The highest BCUT2D eigenvalue weighted by Gasteiger charge is 2.31. The fourth-order valence-corrected chi connectivity index (χ4v) is 2.96. The Morgan fingerprint density at radius 3 is 3.00 bits per heavy atom. The number of rotatable bonds is 2. The van der Waals surface area contributed by atoms with Crippen LogP contribution in [0.25, 0.3) is 10.9 Å². The van der Waals surface area contributed by atoms with E-state index in [4.69, 9.17) is 0 Å². The van der Waals surface area contributed by atoms with Gasteiger partial charge in [0, 0.05) is 24.7 Å². The first-order valence-electron chi connectivity index (χ1n) is 7.65. The van der Waals surface area contributed by atoms with Gasteiger partial charge in [-0.15, -0.1) is 0 Å². The van der Waals surface area contributed by atoms with Crippen LogP contribution in [0.2, 0.25) is 0 Å². The zero-order valence-corrected chi connectivity index (χ0v) is 12.6. The lowest BCUT2D eigenvalue weighted by molar-refractivity contribution is -0.124. The lowest BCUT2D eigenvalue weighted by Crippen LogP contribution is -2.46. The Morgan fingerprint density at radius 1 is 1.36 bits per heavy atom. The lowest BCUT2D eigenvalue weighted by atomic mass is 10.1. The number of amides is 2. The average molecular weight is 297 g/mol. The van der Waals surface area contributed by atoms with Gasteiger partial charge >= 0.3 is 0 Å². The topological polar surface area (TPSA) is 62.3 Å². The van der Waals surface area contributed by atoms with E-state index in [0.717, 1.165) is 17.3 Å². The zero-order chi connectivity index (χ0) is 15.5. The molecule has 114 valence electrons. The third kappa shape index (κ3) is 2.54. The molecule has 1 atom stereocenters. The summed E-state index contributed by atoms with van der Waals surface area (Å²) in [6.07, 6.45) is 3.03. The van der Waals surface area contributed by atoms with Gasteiger partial charge in [-0.05, 0) is 25.0 Å². The molecule has 0 aliphatic carbocycles. The van der Waals surface area contributed by atoms with Crippen LogP contribution >= 0.6 is 0 Å². The summed E-state index contributed by atoms with van der Waals surface area (Å²) in [5.41, 5.74) is 1.40. The van der Waals surface area contributed by atoms with Crippen molar-refractivity contribution in [3.8, 4) is 0 Å². The van der Waals surface area contributed by atoms with Crippen molar-refractivity contribution in [3.63, 3.8) is 0 Å². The first-order valence-corrected chi connectivity index (χ1v) is 7.65. The van der Waals surface area contributed by atoms with Gasteiger partial charge in [0.2, 0.25) is 5.91 Å². The van der Waals surface area contributed by atoms with E-state index in [-0.39, 0.29) is 11.8 Å². The van der Waals surface area contributed by atoms with Gasteiger partial charge in [0.05, 0.1) is 11.1 Å². The van der Waals surface area contributed by atoms with E-state index in [1.807, 2.05) is 31.2 Å². The Morgan fingerprint density at radius 2 is 2.18 bits per heavy atom. The van der Waals surface area contributed by atoms with Gasteiger partial charge < -0.3 is 10.2 Å². The summed E-state index contributed by atoms with van der Waals surface area (Å²) >= 11 is 0. The number of carbonyl (C=O) groups is 2. The number of nitrogens with one attached hydrogen (secondary N) is 1. The standard InChI is InChI=1S/C17H19N3O2/c1-2-15-16(21)19-9-5-11-20(15)17(22)13-8-10-18-14-7-4-3-6-12(13)14/h3-4,6-8,10,15H,2,5,9,11H2,1H3,(H,19,21)/t15-/m1/s1. The predicted octanol–water partition coefficient (Wildman–Crippen LogP) is 1.98. The van der Waals surface area contributed by atoms with Crippen molar-refractivity contribution in [1.82, 2.24) is 15.2 Å². The van der Waals surface area contributed by atoms with Crippen LogP contribution in [-0.4, -0.2) is 40.8 Å². The van der Waals surface area contributed by atoms with Crippen molar-refractivity contribution in [2.45, 2.75) is 25.8 Å². The Bertz CT molecular complexity index is 709.